The number of carbonyl (C=O) groups is 1. The van der Waals surface area contributed by atoms with E-state index in [9.17, 15) is 13.2 Å². The fourth-order valence-corrected chi connectivity index (χ4v) is 5.10. The van der Waals surface area contributed by atoms with Gasteiger partial charge in [-0.25, -0.2) is 8.42 Å². The fourth-order valence-electron chi connectivity index (χ4n) is 3.33. The number of benzene rings is 2. The molecule has 0 bridgehead atoms. The molecule has 1 atom stereocenters. The summed E-state index contributed by atoms with van der Waals surface area (Å²) < 4.78 is 38.1. The molecule has 1 amide bonds. The molecular weight excluding hydrogens is 404 g/mol. The number of nitrogens with zero attached hydrogens (tertiary/aromatic N) is 1. The third kappa shape index (κ3) is 5.12. The van der Waals surface area contributed by atoms with E-state index >= 15 is 0 Å². The van der Waals surface area contributed by atoms with Crippen LogP contribution in [0.25, 0.3) is 0 Å². The van der Waals surface area contributed by atoms with E-state index in [4.69, 9.17) is 9.47 Å². The van der Waals surface area contributed by atoms with Gasteiger partial charge >= 0.3 is 0 Å². The summed E-state index contributed by atoms with van der Waals surface area (Å²) in [6.07, 6.45) is 1.73. The third-order valence-corrected chi connectivity index (χ3v) is 7.11. The minimum absolute atomic E-state index is 0.194. The van der Waals surface area contributed by atoms with Gasteiger partial charge in [-0.05, 0) is 68.7 Å². The van der Waals surface area contributed by atoms with Crippen LogP contribution < -0.4 is 14.8 Å². The Labute approximate surface area is 178 Å². The minimum Gasteiger partial charge on any atom is -0.497 e. The zero-order chi connectivity index (χ0) is 21.7. The van der Waals surface area contributed by atoms with Crippen molar-refractivity contribution in [2.24, 2.45) is 0 Å². The lowest BCUT2D eigenvalue weighted by Gasteiger charge is -2.19. The Bertz CT molecular complexity index is 983. The van der Waals surface area contributed by atoms with Gasteiger partial charge in [-0.3, -0.25) is 4.79 Å². The summed E-state index contributed by atoms with van der Waals surface area (Å²) in [5, 5.41) is 2.86. The van der Waals surface area contributed by atoms with Crippen LogP contribution >= 0.6 is 0 Å². The van der Waals surface area contributed by atoms with Crippen molar-refractivity contribution in [3.8, 4) is 11.5 Å². The molecule has 2 aromatic rings. The second kappa shape index (κ2) is 9.49. The smallest absolute Gasteiger partial charge is 0.251 e. The van der Waals surface area contributed by atoms with Gasteiger partial charge in [-0.15, -0.1) is 0 Å². The first-order chi connectivity index (χ1) is 14.3. The normalized spacial score (nSPS) is 15.6. The molecule has 0 saturated carbocycles. The number of sulfonamides is 1. The lowest BCUT2D eigenvalue weighted by molar-refractivity contribution is 0.0926. The Morgan fingerprint density at radius 3 is 2.37 bits per heavy atom. The SMILES string of the molecule is COc1ccc(OC[C@@H](C)NC(=O)c2ccc(C)c(S(=O)(=O)N3CCCC3)c2)cc1. The van der Waals surface area contributed by atoms with Crippen molar-refractivity contribution in [3.05, 3.63) is 53.6 Å². The molecule has 1 aliphatic heterocycles. The van der Waals surface area contributed by atoms with Crippen molar-refractivity contribution in [2.45, 2.75) is 37.6 Å². The molecule has 7 nitrogen and oxygen atoms in total. The number of methoxy groups -OCH3 is 1. The molecule has 1 fully saturated rings. The molecule has 0 radical (unpaired) electrons. The highest BCUT2D eigenvalue weighted by molar-refractivity contribution is 7.89. The first-order valence-electron chi connectivity index (χ1n) is 10.00. The van der Waals surface area contributed by atoms with E-state index in [1.165, 1.54) is 10.4 Å². The zero-order valence-electron chi connectivity index (χ0n) is 17.6. The van der Waals surface area contributed by atoms with Crippen LogP contribution in [0.4, 0.5) is 0 Å². The van der Waals surface area contributed by atoms with Crippen LogP contribution in [0.15, 0.2) is 47.4 Å². The minimum atomic E-state index is -3.59. The monoisotopic (exact) mass is 432 g/mol. The second-order valence-corrected chi connectivity index (χ2v) is 9.36. The Balaban J connectivity index is 1.64. The molecule has 30 heavy (non-hydrogen) atoms. The van der Waals surface area contributed by atoms with Gasteiger partial charge in [0, 0.05) is 18.7 Å². The highest BCUT2D eigenvalue weighted by Crippen LogP contribution is 2.24. The lowest BCUT2D eigenvalue weighted by Crippen LogP contribution is -2.37. The average Bonchev–Trinajstić information content (AvgIpc) is 3.28. The average molecular weight is 433 g/mol. The summed E-state index contributed by atoms with van der Waals surface area (Å²) in [7, 11) is -1.99. The van der Waals surface area contributed by atoms with Crippen LogP contribution in [-0.2, 0) is 10.0 Å². The molecule has 0 unspecified atom stereocenters. The number of nitrogens with one attached hydrogen (secondary N) is 1. The van der Waals surface area contributed by atoms with Crippen molar-refractivity contribution in [2.75, 3.05) is 26.8 Å². The standard InChI is InChI=1S/C22H28N2O5S/c1-16-6-7-18(14-21(16)30(26,27)24-12-4-5-13-24)22(25)23-17(2)15-29-20-10-8-19(28-3)9-11-20/h6-11,14,17H,4-5,12-13,15H2,1-3H3,(H,23,25)/t17-/m1/s1. The van der Waals surface area contributed by atoms with E-state index in [1.54, 1.807) is 50.4 Å². The van der Waals surface area contributed by atoms with E-state index in [-0.39, 0.29) is 23.5 Å². The Kier molecular flexibility index (Phi) is 6.99. The quantitative estimate of drug-likeness (QED) is 0.693. The van der Waals surface area contributed by atoms with Gasteiger partial charge in [0.1, 0.15) is 18.1 Å². The molecule has 162 valence electrons. The van der Waals surface area contributed by atoms with E-state index in [0.29, 0.717) is 30.0 Å². The molecule has 1 N–H and O–H groups in total. The van der Waals surface area contributed by atoms with Crippen LogP contribution in [0.2, 0.25) is 0 Å². The molecule has 3 rings (SSSR count). The van der Waals surface area contributed by atoms with E-state index in [0.717, 1.165) is 18.6 Å². The first kappa shape index (κ1) is 22.1. The van der Waals surface area contributed by atoms with Gasteiger partial charge in [0.2, 0.25) is 10.0 Å². The van der Waals surface area contributed by atoms with Gasteiger partial charge < -0.3 is 14.8 Å². The summed E-state index contributed by atoms with van der Waals surface area (Å²) >= 11 is 0. The highest BCUT2D eigenvalue weighted by Gasteiger charge is 2.29. The maximum Gasteiger partial charge on any atom is 0.251 e. The summed E-state index contributed by atoms with van der Waals surface area (Å²) in [5.74, 6) is 1.08. The molecule has 0 aliphatic carbocycles. The molecule has 8 heteroatoms. The predicted octanol–water partition coefficient (Wildman–Crippen LogP) is 2.99. The maximum absolute atomic E-state index is 12.9. The van der Waals surface area contributed by atoms with Crippen LogP contribution in [-0.4, -0.2) is 51.5 Å². The molecule has 1 saturated heterocycles. The Hall–Kier alpha value is -2.58. The molecular formula is C22H28N2O5S. The zero-order valence-corrected chi connectivity index (χ0v) is 18.4. The van der Waals surface area contributed by atoms with Crippen LogP contribution in [0.1, 0.15) is 35.7 Å². The van der Waals surface area contributed by atoms with E-state index < -0.39 is 10.0 Å². The number of hydrogen-bond donors (Lipinski definition) is 1. The molecule has 0 aromatic heterocycles. The topological polar surface area (TPSA) is 84.9 Å². The van der Waals surface area contributed by atoms with Crippen molar-refractivity contribution in [1.29, 1.82) is 0 Å². The van der Waals surface area contributed by atoms with Crippen LogP contribution in [0.3, 0.4) is 0 Å². The Morgan fingerprint density at radius 2 is 1.73 bits per heavy atom. The second-order valence-electron chi connectivity index (χ2n) is 7.45. The van der Waals surface area contributed by atoms with Crippen molar-refractivity contribution in [1.82, 2.24) is 9.62 Å². The van der Waals surface area contributed by atoms with Gasteiger partial charge in [-0.2, -0.15) is 4.31 Å². The number of hydrogen-bond acceptors (Lipinski definition) is 5. The van der Waals surface area contributed by atoms with E-state index in [2.05, 4.69) is 5.32 Å². The van der Waals surface area contributed by atoms with Gasteiger partial charge in [0.05, 0.1) is 18.0 Å². The number of ether oxygens (including phenoxy) is 2. The number of aryl methyl sites for hydroxylation is 1. The molecule has 1 heterocycles. The number of amides is 1. The van der Waals surface area contributed by atoms with Crippen LogP contribution in [0, 0.1) is 6.92 Å². The largest absolute Gasteiger partial charge is 0.497 e. The number of carbonyl (C=O) groups excluding carboxylic acids is 1. The third-order valence-electron chi connectivity index (χ3n) is 5.07. The highest BCUT2D eigenvalue weighted by atomic mass is 32.2. The summed E-state index contributed by atoms with van der Waals surface area (Å²) in [5.41, 5.74) is 0.948. The molecule has 0 spiro atoms. The molecule has 1 aliphatic rings. The first-order valence-corrected chi connectivity index (χ1v) is 11.4. The fraction of sp³-hybridized carbons (Fsp3) is 0.409. The maximum atomic E-state index is 12.9. The van der Waals surface area contributed by atoms with Gasteiger partial charge in [0.25, 0.3) is 5.91 Å². The van der Waals surface area contributed by atoms with Crippen molar-refractivity contribution >= 4 is 15.9 Å². The Morgan fingerprint density at radius 1 is 1.10 bits per heavy atom. The van der Waals surface area contributed by atoms with E-state index in [1.807, 2.05) is 6.92 Å². The summed E-state index contributed by atoms with van der Waals surface area (Å²) in [6.45, 7) is 4.91. The van der Waals surface area contributed by atoms with Crippen molar-refractivity contribution < 1.29 is 22.7 Å². The summed E-state index contributed by atoms with van der Waals surface area (Å²) in [4.78, 5) is 12.9. The lowest BCUT2D eigenvalue weighted by atomic mass is 10.1. The van der Waals surface area contributed by atoms with Crippen molar-refractivity contribution in [3.63, 3.8) is 0 Å². The number of rotatable bonds is 8. The summed E-state index contributed by atoms with van der Waals surface area (Å²) in [6, 6.07) is 11.7. The van der Waals surface area contributed by atoms with Gasteiger partial charge in [-0.1, -0.05) is 6.07 Å². The predicted molar refractivity (Wildman–Crippen MR) is 115 cm³/mol. The van der Waals surface area contributed by atoms with Crippen LogP contribution in [0.5, 0.6) is 11.5 Å². The van der Waals surface area contributed by atoms with Gasteiger partial charge in [0.15, 0.2) is 0 Å². The molecule has 2 aromatic carbocycles.